The Hall–Kier alpha value is -1.02. The van der Waals surface area contributed by atoms with Crippen LogP contribution in [0.3, 0.4) is 0 Å². The second kappa shape index (κ2) is 5.90. The number of ether oxygens (including phenoxy) is 1. The van der Waals surface area contributed by atoms with Crippen LogP contribution in [0.25, 0.3) is 0 Å². The summed E-state index contributed by atoms with van der Waals surface area (Å²) >= 11 is 6.02. The summed E-state index contributed by atoms with van der Waals surface area (Å²) in [6.45, 7) is 5.76. The normalized spacial score (nSPS) is 12.6. The number of hydrogen-bond acceptors (Lipinski definition) is 2. The molecular formula is C13H17ClO2. The Bertz CT molecular complexity index is 343. The highest BCUT2D eigenvalue weighted by atomic mass is 35.5. The summed E-state index contributed by atoms with van der Waals surface area (Å²) in [5.41, 5.74) is 0.824. The van der Waals surface area contributed by atoms with Crippen molar-refractivity contribution in [2.24, 2.45) is 0 Å². The van der Waals surface area contributed by atoms with Gasteiger partial charge in [-0.15, -0.1) is 11.6 Å². The Kier molecular flexibility index (Phi) is 4.81. The first kappa shape index (κ1) is 13.0. The van der Waals surface area contributed by atoms with E-state index in [2.05, 4.69) is 0 Å². The molecule has 16 heavy (non-hydrogen) atoms. The lowest BCUT2D eigenvalue weighted by Gasteiger charge is -2.11. The first-order valence-electron chi connectivity index (χ1n) is 5.48. The van der Waals surface area contributed by atoms with E-state index >= 15 is 0 Å². The summed E-state index contributed by atoms with van der Waals surface area (Å²) in [5, 5.41) is -0.543. The maximum absolute atomic E-state index is 11.4. The molecule has 1 unspecified atom stereocenters. The van der Waals surface area contributed by atoms with Gasteiger partial charge in [-0.1, -0.05) is 19.1 Å². The molecule has 0 spiro atoms. The molecule has 1 aromatic carbocycles. The van der Waals surface area contributed by atoms with Crippen LogP contribution in [0.5, 0.6) is 5.75 Å². The lowest BCUT2D eigenvalue weighted by Crippen LogP contribution is -2.07. The monoisotopic (exact) mass is 240 g/mol. The van der Waals surface area contributed by atoms with Crippen molar-refractivity contribution >= 4 is 17.4 Å². The molecule has 0 fully saturated rings. The SMILES string of the molecule is CCC(=O)C(Cl)c1ccc(OC(C)C)cc1. The number of rotatable bonds is 5. The molecule has 0 aliphatic rings. The van der Waals surface area contributed by atoms with Gasteiger partial charge in [0.2, 0.25) is 0 Å². The van der Waals surface area contributed by atoms with Gasteiger partial charge in [0, 0.05) is 6.42 Å². The zero-order chi connectivity index (χ0) is 12.1. The van der Waals surface area contributed by atoms with Crippen LogP contribution < -0.4 is 4.74 Å². The van der Waals surface area contributed by atoms with Crippen LogP contribution in [-0.2, 0) is 4.79 Å². The Morgan fingerprint density at radius 2 is 1.88 bits per heavy atom. The summed E-state index contributed by atoms with van der Waals surface area (Å²) in [6.07, 6.45) is 0.605. The van der Waals surface area contributed by atoms with E-state index in [1.165, 1.54) is 0 Å². The van der Waals surface area contributed by atoms with Crippen LogP contribution in [0.1, 0.15) is 38.1 Å². The van der Waals surface area contributed by atoms with E-state index < -0.39 is 5.38 Å². The number of carbonyl (C=O) groups is 1. The van der Waals surface area contributed by atoms with Crippen molar-refractivity contribution in [3.8, 4) is 5.75 Å². The molecule has 0 aliphatic heterocycles. The number of ketones is 1. The van der Waals surface area contributed by atoms with E-state index in [-0.39, 0.29) is 11.9 Å². The minimum absolute atomic E-state index is 0.0409. The van der Waals surface area contributed by atoms with Crippen LogP contribution in [-0.4, -0.2) is 11.9 Å². The van der Waals surface area contributed by atoms with Crippen molar-refractivity contribution in [1.82, 2.24) is 0 Å². The quantitative estimate of drug-likeness (QED) is 0.733. The molecule has 1 atom stereocenters. The largest absolute Gasteiger partial charge is 0.491 e. The van der Waals surface area contributed by atoms with Crippen molar-refractivity contribution in [2.45, 2.75) is 38.7 Å². The molecule has 3 heteroatoms. The first-order valence-corrected chi connectivity index (χ1v) is 5.91. The average Bonchev–Trinajstić information content (AvgIpc) is 2.27. The van der Waals surface area contributed by atoms with Crippen LogP contribution >= 0.6 is 11.6 Å². The Morgan fingerprint density at radius 3 is 2.31 bits per heavy atom. The van der Waals surface area contributed by atoms with Gasteiger partial charge in [0.1, 0.15) is 11.1 Å². The van der Waals surface area contributed by atoms with Crippen LogP contribution in [0.15, 0.2) is 24.3 Å². The maximum atomic E-state index is 11.4. The zero-order valence-corrected chi connectivity index (χ0v) is 10.6. The molecule has 0 saturated heterocycles. The Labute approximate surface area is 102 Å². The lowest BCUT2D eigenvalue weighted by molar-refractivity contribution is -0.118. The molecule has 0 amide bonds. The predicted octanol–water partition coefficient (Wildman–Crippen LogP) is 3.73. The van der Waals surface area contributed by atoms with Crippen molar-refractivity contribution in [1.29, 1.82) is 0 Å². The number of benzene rings is 1. The van der Waals surface area contributed by atoms with E-state index in [0.29, 0.717) is 6.42 Å². The third-order valence-corrected chi connectivity index (χ3v) is 2.67. The summed E-state index contributed by atoms with van der Waals surface area (Å²) in [5.74, 6) is 0.839. The van der Waals surface area contributed by atoms with Gasteiger partial charge in [-0.3, -0.25) is 4.79 Å². The van der Waals surface area contributed by atoms with Gasteiger partial charge in [0.05, 0.1) is 6.10 Å². The van der Waals surface area contributed by atoms with Gasteiger partial charge in [-0.25, -0.2) is 0 Å². The highest BCUT2D eigenvalue weighted by Gasteiger charge is 2.15. The first-order chi connectivity index (χ1) is 7.54. The van der Waals surface area contributed by atoms with Gasteiger partial charge in [0.25, 0.3) is 0 Å². The molecule has 1 aromatic rings. The van der Waals surface area contributed by atoms with Gasteiger partial charge in [-0.2, -0.15) is 0 Å². The topological polar surface area (TPSA) is 26.3 Å². The molecule has 0 bridgehead atoms. The summed E-state index contributed by atoms with van der Waals surface area (Å²) in [6, 6.07) is 7.35. The molecule has 0 heterocycles. The van der Waals surface area contributed by atoms with E-state index in [1.54, 1.807) is 0 Å². The van der Waals surface area contributed by atoms with Crippen LogP contribution in [0.4, 0.5) is 0 Å². The van der Waals surface area contributed by atoms with Crippen molar-refractivity contribution in [2.75, 3.05) is 0 Å². The third-order valence-electron chi connectivity index (χ3n) is 2.18. The summed E-state index contributed by atoms with van der Waals surface area (Å²) in [4.78, 5) is 11.4. The zero-order valence-electron chi connectivity index (χ0n) is 9.87. The predicted molar refractivity (Wildman–Crippen MR) is 66.1 cm³/mol. The van der Waals surface area contributed by atoms with E-state index in [0.717, 1.165) is 11.3 Å². The fourth-order valence-electron chi connectivity index (χ4n) is 1.35. The molecule has 2 nitrogen and oxygen atoms in total. The fourth-order valence-corrected chi connectivity index (χ4v) is 1.65. The third kappa shape index (κ3) is 3.53. The van der Waals surface area contributed by atoms with Gasteiger partial charge in [-0.05, 0) is 31.5 Å². The number of Topliss-reactive ketones (excluding diaryl/α,β-unsaturated/α-hetero) is 1. The Balaban J connectivity index is 2.74. The van der Waals surface area contributed by atoms with Crippen LogP contribution in [0.2, 0.25) is 0 Å². The molecule has 0 aliphatic carbocycles. The summed E-state index contributed by atoms with van der Waals surface area (Å²) in [7, 11) is 0. The van der Waals surface area contributed by atoms with Crippen LogP contribution in [0, 0.1) is 0 Å². The average molecular weight is 241 g/mol. The number of halogens is 1. The number of alkyl halides is 1. The molecule has 0 aromatic heterocycles. The van der Waals surface area contributed by atoms with Gasteiger partial charge >= 0.3 is 0 Å². The molecule has 0 saturated carbocycles. The smallest absolute Gasteiger partial charge is 0.154 e. The Morgan fingerprint density at radius 1 is 1.31 bits per heavy atom. The second-order valence-corrected chi connectivity index (χ2v) is 4.35. The van der Waals surface area contributed by atoms with E-state index in [1.807, 2.05) is 45.0 Å². The number of hydrogen-bond donors (Lipinski definition) is 0. The van der Waals surface area contributed by atoms with E-state index in [9.17, 15) is 4.79 Å². The molecule has 0 N–H and O–H groups in total. The fraction of sp³-hybridized carbons (Fsp3) is 0.462. The van der Waals surface area contributed by atoms with Crippen molar-refractivity contribution < 1.29 is 9.53 Å². The molecule has 88 valence electrons. The lowest BCUT2D eigenvalue weighted by atomic mass is 10.1. The minimum atomic E-state index is -0.543. The molecule has 1 rings (SSSR count). The van der Waals surface area contributed by atoms with E-state index in [4.69, 9.17) is 16.3 Å². The summed E-state index contributed by atoms with van der Waals surface area (Å²) < 4.78 is 5.51. The maximum Gasteiger partial charge on any atom is 0.154 e. The highest BCUT2D eigenvalue weighted by molar-refractivity contribution is 6.31. The van der Waals surface area contributed by atoms with Gasteiger partial charge in [0.15, 0.2) is 5.78 Å². The van der Waals surface area contributed by atoms with Gasteiger partial charge < -0.3 is 4.74 Å². The standard InChI is InChI=1S/C13H17ClO2/c1-4-12(15)13(14)10-5-7-11(8-6-10)16-9(2)3/h5-9,13H,4H2,1-3H3. The van der Waals surface area contributed by atoms with Crippen molar-refractivity contribution in [3.63, 3.8) is 0 Å². The highest BCUT2D eigenvalue weighted by Crippen LogP contribution is 2.25. The molecular weight excluding hydrogens is 224 g/mol. The molecule has 0 radical (unpaired) electrons. The van der Waals surface area contributed by atoms with Crippen molar-refractivity contribution in [3.05, 3.63) is 29.8 Å². The minimum Gasteiger partial charge on any atom is -0.491 e. The number of carbonyl (C=O) groups excluding carboxylic acids is 1. The second-order valence-electron chi connectivity index (χ2n) is 3.92.